The fourth-order valence-corrected chi connectivity index (χ4v) is 4.88. The van der Waals surface area contributed by atoms with Crippen molar-refractivity contribution in [1.82, 2.24) is 9.55 Å². The molecule has 1 fully saturated rings. The molecule has 1 aliphatic rings. The van der Waals surface area contributed by atoms with Gasteiger partial charge in [-0.05, 0) is 55.7 Å². The number of oxazole rings is 1. The Hall–Kier alpha value is -4.12. The van der Waals surface area contributed by atoms with Gasteiger partial charge in [-0.15, -0.1) is 0 Å². The van der Waals surface area contributed by atoms with E-state index in [2.05, 4.69) is 13.0 Å². The highest BCUT2D eigenvalue weighted by atomic mass is 16.3. The summed E-state index contributed by atoms with van der Waals surface area (Å²) in [4.78, 5) is 32.3. The molecule has 34 heavy (non-hydrogen) atoms. The van der Waals surface area contributed by atoms with E-state index in [0.29, 0.717) is 54.0 Å². The van der Waals surface area contributed by atoms with Crippen LogP contribution in [0.4, 0.5) is 5.69 Å². The SMILES string of the molecule is Cc1ccc2oc(C3(C)CCN(c4c(C(N)=O)c(=O)n(C)c5ccc(C#N)cc45)CC3)nc2c1. The first-order valence-corrected chi connectivity index (χ1v) is 11.2. The monoisotopic (exact) mass is 455 g/mol. The molecule has 4 aromatic rings. The van der Waals surface area contributed by atoms with E-state index in [9.17, 15) is 14.9 Å². The molecule has 1 amide bonds. The van der Waals surface area contributed by atoms with Crippen LogP contribution in [-0.4, -0.2) is 28.5 Å². The smallest absolute Gasteiger partial charge is 0.265 e. The fraction of sp³-hybridized carbons (Fsp3) is 0.308. The molecule has 8 nitrogen and oxygen atoms in total. The van der Waals surface area contributed by atoms with Gasteiger partial charge < -0.3 is 19.6 Å². The van der Waals surface area contributed by atoms with Crippen molar-refractivity contribution in [3.05, 3.63) is 69.3 Å². The number of aromatic nitrogens is 2. The predicted octanol–water partition coefficient (Wildman–Crippen LogP) is 3.52. The van der Waals surface area contributed by atoms with Gasteiger partial charge in [-0.2, -0.15) is 5.26 Å². The van der Waals surface area contributed by atoms with E-state index in [0.717, 1.165) is 16.7 Å². The van der Waals surface area contributed by atoms with Crippen LogP contribution in [0.1, 0.15) is 47.1 Å². The highest BCUT2D eigenvalue weighted by molar-refractivity contribution is 6.07. The van der Waals surface area contributed by atoms with Crippen LogP contribution in [-0.2, 0) is 12.5 Å². The number of primary amides is 1. The number of aryl methyl sites for hydroxylation is 2. The number of carbonyl (C=O) groups excluding carboxylic acids is 1. The largest absolute Gasteiger partial charge is 0.440 e. The second kappa shape index (κ2) is 7.73. The number of benzene rings is 2. The topological polar surface area (TPSA) is 118 Å². The molecule has 0 spiro atoms. The van der Waals surface area contributed by atoms with Crippen LogP contribution in [0, 0.1) is 18.3 Å². The number of piperidine rings is 1. The number of pyridine rings is 1. The molecule has 172 valence electrons. The summed E-state index contributed by atoms with van der Waals surface area (Å²) in [5, 5.41) is 10.1. The lowest BCUT2D eigenvalue weighted by Gasteiger charge is -2.39. The number of hydrogen-bond donors (Lipinski definition) is 1. The predicted molar refractivity (Wildman–Crippen MR) is 130 cm³/mol. The van der Waals surface area contributed by atoms with Gasteiger partial charge >= 0.3 is 0 Å². The second-order valence-electron chi connectivity index (χ2n) is 9.33. The molecule has 0 saturated carbocycles. The lowest BCUT2D eigenvalue weighted by atomic mass is 9.80. The molecule has 5 rings (SSSR count). The van der Waals surface area contributed by atoms with Gasteiger partial charge in [-0.25, -0.2) is 4.98 Å². The number of amides is 1. The summed E-state index contributed by atoms with van der Waals surface area (Å²) in [6.45, 7) is 5.31. The zero-order valence-electron chi connectivity index (χ0n) is 19.4. The normalized spacial score (nSPS) is 15.5. The van der Waals surface area contributed by atoms with Crippen molar-refractivity contribution in [2.45, 2.75) is 32.1 Å². The number of hydrogen-bond acceptors (Lipinski definition) is 6. The summed E-state index contributed by atoms with van der Waals surface area (Å²) in [6.07, 6.45) is 1.43. The molecule has 0 bridgehead atoms. The molecule has 2 aromatic carbocycles. The quantitative estimate of drug-likeness (QED) is 0.505. The third-order valence-electron chi connectivity index (χ3n) is 6.99. The lowest BCUT2D eigenvalue weighted by Crippen LogP contribution is -2.43. The highest BCUT2D eigenvalue weighted by Gasteiger charge is 2.38. The van der Waals surface area contributed by atoms with Crippen molar-refractivity contribution in [3.8, 4) is 6.07 Å². The zero-order chi connectivity index (χ0) is 24.2. The maximum absolute atomic E-state index is 13.1. The molecule has 8 heteroatoms. The van der Waals surface area contributed by atoms with Crippen molar-refractivity contribution in [3.63, 3.8) is 0 Å². The molecule has 0 aliphatic carbocycles. The zero-order valence-corrected chi connectivity index (χ0v) is 19.4. The molecule has 2 aromatic heterocycles. The maximum atomic E-state index is 13.1. The summed E-state index contributed by atoms with van der Waals surface area (Å²) in [6, 6.07) is 13.2. The highest BCUT2D eigenvalue weighted by Crippen LogP contribution is 2.39. The molecule has 0 atom stereocenters. The molecule has 0 radical (unpaired) electrons. The Morgan fingerprint density at radius 3 is 2.62 bits per heavy atom. The second-order valence-corrected chi connectivity index (χ2v) is 9.33. The molecule has 1 aliphatic heterocycles. The first kappa shape index (κ1) is 21.7. The number of rotatable bonds is 3. The van der Waals surface area contributed by atoms with Gasteiger partial charge in [-0.1, -0.05) is 13.0 Å². The number of fused-ring (bicyclic) bond motifs is 2. The minimum absolute atomic E-state index is 0.0500. The Bertz CT molecular complexity index is 1570. The van der Waals surface area contributed by atoms with Crippen molar-refractivity contribution in [2.24, 2.45) is 12.8 Å². The average molecular weight is 456 g/mol. The van der Waals surface area contributed by atoms with Gasteiger partial charge in [0.05, 0.1) is 22.8 Å². The first-order valence-electron chi connectivity index (χ1n) is 11.2. The van der Waals surface area contributed by atoms with E-state index in [1.807, 2.05) is 30.0 Å². The van der Waals surface area contributed by atoms with Crippen molar-refractivity contribution in [2.75, 3.05) is 18.0 Å². The van der Waals surface area contributed by atoms with Crippen molar-refractivity contribution < 1.29 is 9.21 Å². The number of carbonyl (C=O) groups is 1. The number of anilines is 1. The average Bonchev–Trinajstić information content (AvgIpc) is 3.25. The Morgan fingerprint density at radius 1 is 1.21 bits per heavy atom. The van der Waals surface area contributed by atoms with Crippen LogP contribution >= 0.6 is 0 Å². The number of nitrogens with two attached hydrogens (primary N) is 1. The van der Waals surface area contributed by atoms with Gasteiger partial charge in [0.15, 0.2) is 5.58 Å². The molecular weight excluding hydrogens is 430 g/mol. The van der Waals surface area contributed by atoms with Crippen molar-refractivity contribution >= 4 is 33.6 Å². The Kier molecular flexibility index (Phi) is 4.94. The van der Waals surface area contributed by atoms with Gasteiger partial charge in [0.25, 0.3) is 11.5 Å². The Morgan fingerprint density at radius 2 is 1.94 bits per heavy atom. The fourth-order valence-electron chi connectivity index (χ4n) is 4.88. The summed E-state index contributed by atoms with van der Waals surface area (Å²) < 4.78 is 7.52. The van der Waals surface area contributed by atoms with Crippen LogP contribution < -0.4 is 16.2 Å². The van der Waals surface area contributed by atoms with Crippen LogP contribution in [0.5, 0.6) is 0 Å². The van der Waals surface area contributed by atoms with E-state index >= 15 is 0 Å². The summed E-state index contributed by atoms with van der Waals surface area (Å²) in [7, 11) is 1.61. The first-order chi connectivity index (χ1) is 16.2. The molecule has 0 unspecified atom stereocenters. The minimum Gasteiger partial charge on any atom is -0.440 e. The Labute approximate surface area is 196 Å². The van der Waals surface area contributed by atoms with Gasteiger partial charge in [0.1, 0.15) is 11.1 Å². The van der Waals surface area contributed by atoms with E-state index in [-0.39, 0.29) is 11.0 Å². The third-order valence-corrected chi connectivity index (χ3v) is 6.99. The Balaban J connectivity index is 1.57. The minimum atomic E-state index is -0.775. The van der Waals surface area contributed by atoms with Crippen LogP contribution in [0.15, 0.2) is 45.6 Å². The van der Waals surface area contributed by atoms with Crippen LogP contribution in [0.25, 0.3) is 22.0 Å². The van der Waals surface area contributed by atoms with Crippen LogP contribution in [0.3, 0.4) is 0 Å². The van der Waals surface area contributed by atoms with E-state index < -0.39 is 11.5 Å². The van der Waals surface area contributed by atoms with Gasteiger partial charge in [0.2, 0.25) is 5.89 Å². The maximum Gasteiger partial charge on any atom is 0.265 e. The number of nitrogens with zero attached hydrogens (tertiary/aromatic N) is 4. The molecule has 3 heterocycles. The molecule has 1 saturated heterocycles. The van der Waals surface area contributed by atoms with E-state index in [1.165, 1.54) is 4.57 Å². The summed E-state index contributed by atoms with van der Waals surface area (Å²) in [5.74, 6) is -0.0778. The molecule has 2 N–H and O–H groups in total. The van der Waals surface area contributed by atoms with E-state index in [1.54, 1.807) is 25.2 Å². The standard InChI is InChI=1S/C26H25N5O3/c1-15-4-7-20-18(12-15)29-25(34-20)26(2)8-10-31(11-9-26)22-17-13-16(14-27)5-6-19(17)30(3)24(33)21(22)23(28)32/h4-7,12-13H,8-11H2,1-3H3,(H2,28,32). The van der Waals surface area contributed by atoms with Crippen LogP contribution in [0.2, 0.25) is 0 Å². The third kappa shape index (κ3) is 3.32. The van der Waals surface area contributed by atoms with E-state index in [4.69, 9.17) is 15.1 Å². The van der Waals surface area contributed by atoms with Crippen molar-refractivity contribution in [1.29, 1.82) is 5.26 Å². The lowest BCUT2D eigenvalue weighted by molar-refractivity contribution is 0.0999. The summed E-state index contributed by atoms with van der Waals surface area (Å²) >= 11 is 0. The number of nitriles is 1. The molecular formula is C26H25N5O3. The summed E-state index contributed by atoms with van der Waals surface area (Å²) in [5.41, 5.74) is 9.23. The van der Waals surface area contributed by atoms with Gasteiger partial charge in [0, 0.05) is 30.9 Å². The van der Waals surface area contributed by atoms with Gasteiger partial charge in [-0.3, -0.25) is 9.59 Å².